The lowest BCUT2D eigenvalue weighted by molar-refractivity contribution is -0.146. The molecule has 2 saturated heterocycles. The number of amides is 2. The summed E-state index contributed by atoms with van der Waals surface area (Å²) in [6.07, 6.45) is 1.49. The van der Waals surface area contributed by atoms with E-state index in [1.807, 2.05) is 0 Å². The molecule has 1 unspecified atom stereocenters. The Morgan fingerprint density at radius 3 is 2.65 bits per heavy atom. The predicted octanol–water partition coefficient (Wildman–Crippen LogP) is -1.30. The summed E-state index contributed by atoms with van der Waals surface area (Å²) in [5, 5.41) is 3.08. The van der Waals surface area contributed by atoms with Gasteiger partial charge in [-0.15, -0.1) is 0 Å². The number of primary amides is 1. The molecule has 1 atom stereocenters. The van der Waals surface area contributed by atoms with Gasteiger partial charge in [-0.25, -0.2) is 0 Å². The molecule has 6 heteroatoms. The number of nitrogens with zero attached hydrogens (tertiary/aromatic N) is 1. The first-order valence-electron chi connectivity index (χ1n) is 6.08. The molecule has 0 radical (unpaired) electrons. The topological polar surface area (TPSA) is 84.7 Å². The molecule has 0 spiro atoms. The Kier molecular flexibility index (Phi) is 3.96. The van der Waals surface area contributed by atoms with Crippen LogP contribution >= 0.6 is 0 Å². The van der Waals surface area contributed by atoms with Gasteiger partial charge in [0.1, 0.15) is 6.04 Å². The summed E-state index contributed by atoms with van der Waals surface area (Å²) in [6, 6.07) is -0.501. The quantitative estimate of drug-likeness (QED) is 0.629. The van der Waals surface area contributed by atoms with Gasteiger partial charge in [0.05, 0.1) is 0 Å². The fourth-order valence-corrected chi connectivity index (χ4v) is 2.40. The number of piperazine rings is 1. The van der Waals surface area contributed by atoms with Crippen LogP contribution in [0.15, 0.2) is 0 Å². The number of hydrogen-bond donors (Lipinski definition) is 2. The van der Waals surface area contributed by atoms with Gasteiger partial charge in [0.15, 0.2) is 0 Å². The van der Waals surface area contributed by atoms with Crippen LogP contribution in [0.3, 0.4) is 0 Å². The van der Waals surface area contributed by atoms with Crippen LogP contribution in [-0.2, 0) is 14.3 Å². The minimum atomic E-state index is -0.501. The zero-order valence-electron chi connectivity index (χ0n) is 9.85. The molecule has 96 valence electrons. The van der Waals surface area contributed by atoms with E-state index in [0.29, 0.717) is 26.3 Å². The second-order valence-corrected chi connectivity index (χ2v) is 4.54. The minimum absolute atomic E-state index is 0.0105. The molecule has 2 amide bonds. The van der Waals surface area contributed by atoms with E-state index in [1.54, 1.807) is 4.90 Å². The molecular formula is C11H19N3O3. The van der Waals surface area contributed by atoms with E-state index in [9.17, 15) is 9.59 Å². The Labute approximate surface area is 100 Å². The summed E-state index contributed by atoms with van der Waals surface area (Å²) in [4.78, 5) is 25.3. The first kappa shape index (κ1) is 12.3. The molecule has 0 aromatic heterocycles. The average Bonchev–Trinajstić information content (AvgIpc) is 2.39. The lowest BCUT2D eigenvalue weighted by atomic mass is 9.97. The van der Waals surface area contributed by atoms with Crippen molar-refractivity contribution in [3.8, 4) is 0 Å². The molecule has 2 aliphatic heterocycles. The van der Waals surface area contributed by atoms with Crippen molar-refractivity contribution in [2.45, 2.75) is 18.9 Å². The van der Waals surface area contributed by atoms with E-state index in [0.717, 1.165) is 19.4 Å². The second kappa shape index (κ2) is 5.46. The maximum Gasteiger partial charge on any atom is 0.241 e. The number of hydrogen-bond acceptors (Lipinski definition) is 4. The fourth-order valence-electron chi connectivity index (χ4n) is 2.40. The monoisotopic (exact) mass is 241 g/mol. The molecule has 0 aromatic carbocycles. The van der Waals surface area contributed by atoms with E-state index in [4.69, 9.17) is 10.5 Å². The number of rotatable bonds is 2. The van der Waals surface area contributed by atoms with E-state index in [-0.39, 0.29) is 11.8 Å². The molecule has 17 heavy (non-hydrogen) atoms. The molecule has 0 aromatic rings. The van der Waals surface area contributed by atoms with Gasteiger partial charge in [-0.05, 0) is 12.8 Å². The van der Waals surface area contributed by atoms with Gasteiger partial charge in [-0.1, -0.05) is 0 Å². The van der Waals surface area contributed by atoms with Crippen molar-refractivity contribution in [2.24, 2.45) is 11.7 Å². The number of nitrogens with one attached hydrogen (secondary N) is 1. The SMILES string of the molecule is NC(=O)C1CNCCN1C(=O)C1CCOCC1. The Morgan fingerprint density at radius 1 is 1.29 bits per heavy atom. The van der Waals surface area contributed by atoms with Crippen LogP contribution in [0.25, 0.3) is 0 Å². The maximum atomic E-state index is 12.3. The largest absolute Gasteiger partial charge is 0.381 e. The molecule has 2 fully saturated rings. The number of carbonyl (C=O) groups excluding carboxylic acids is 2. The Bertz CT molecular complexity index is 302. The molecule has 0 saturated carbocycles. The number of nitrogens with two attached hydrogens (primary N) is 1. The zero-order valence-corrected chi connectivity index (χ0v) is 9.85. The molecule has 2 heterocycles. The van der Waals surface area contributed by atoms with E-state index in [1.165, 1.54) is 0 Å². The summed E-state index contributed by atoms with van der Waals surface area (Å²) in [5.74, 6) is -0.389. The van der Waals surface area contributed by atoms with Crippen LogP contribution in [0.5, 0.6) is 0 Å². The van der Waals surface area contributed by atoms with Crippen LogP contribution < -0.4 is 11.1 Å². The van der Waals surface area contributed by atoms with Crippen molar-refractivity contribution in [2.75, 3.05) is 32.8 Å². The summed E-state index contributed by atoms with van der Waals surface area (Å²) < 4.78 is 5.24. The first-order valence-corrected chi connectivity index (χ1v) is 6.08. The molecule has 0 bridgehead atoms. The first-order chi connectivity index (χ1) is 8.20. The standard InChI is InChI=1S/C11H19N3O3/c12-10(15)9-7-13-3-4-14(9)11(16)8-1-5-17-6-2-8/h8-9,13H,1-7H2,(H2,12,15). The van der Waals surface area contributed by atoms with Crippen LogP contribution in [0.4, 0.5) is 0 Å². The molecule has 6 nitrogen and oxygen atoms in total. The van der Waals surface area contributed by atoms with Crippen molar-refractivity contribution < 1.29 is 14.3 Å². The Hall–Kier alpha value is -1.14. The van der Waals surface area contributed by atoms with E-state index in [2.05, 4.69) is 5.32 Å². The predicted molar refractivity (Wildman–Crippen MR) is 61.1 cm³/mol. The van der Waals surface area contributed by atoms with E-state index >= 15 is 0 Å². The number of carbonyl (C=O) groups is 2. The highest BCUT2D eigenvalue weighted by Gasteiger charge is 2.34. The average molecular weight is 241 g/mol. The third kappa shape index (κ3) is 2.76. The van der Waals surface area contributed by atoms with E-state index < -0.39 is 11.9 Å². The van der Waals surface area contributed by atoms with Crippen LogP contribution in [0.1, 0.15) is 12.8 Å². The van der Waals surface area contributed by atoms with Crippen molar-refractivity contribution in [1.29, 1.82) is 0 Å². The summed E-state index contributed by atoms with van der Waals surface area (Å²) in [5.41, 5.74) is 5.33. The molecular weight excluding hydrogens is 222 g/mol. The third-order valence-corrected chi connectivity index (χ3v) is 3.43. The van der Waals surface area contributed by atoms with Gasteiger partial charge in [0.2, 0.25) is 11.8 Å². The highest BCUT2D eigenvalue weighted by atomic mass is 16.5. The highest BCUT2D eigenvalue weighted by Crippen LogP contribution is 2.19. The molecule has 3 N–H and O–H groups in total. The fraction of sp³-hybridized carbons (Fsp3) is 0.818. The van der Waals surface area contributed by atoms with Crippen LogP contribution in [0.2, 0.25) is 0 Å². The molecule has 0 aliphatic carbocycles. The summed E-state index contributed by atoms with van der Waals surface area (Å²) in [7, 11) is 0. The van der Waals surface area contributed by atoms with Gasteiger partial charge >= 0.3 is 0 Å². The smallest absolute Gasteiger partial charge is 0.241 e. The molecule has 2 rings (SSSR count). The van der Waals surface area contributed by atoms with Gasteiger partial charge in [-0.2, -0.15) is 0 Å². The normalized spacial score (nSPS) is 26.8. The van der Waals surface area contributed by atoms with Gasteiger partial charge < -0.3 is 20.7 Å². The molecule has 2 aliphatic rings. The second-order valence-electron chi connectivity index (χ2n) is 4.54. The summed E-state index contributed by atoms with van der Waals surface area (Å²) in [6.45, 7) is 3.00. The van der Waals surface area contributed by atoms with Crippen molar-refractivity contribution in [1.82, 2.24) is 10.2 Å². The van der Waals surface area contributed by atoms with Crippen LogP contribution in [-0.4, -0.2) is 55.6 Å². The van der Waals surface area contributed by atoms with Gasteiger partial charge in [-0.3, -0.25) is 9.59 Å². The Morgan fingerprint density at radius 2 is 2.00 bits per heavy atom. The summed E-state index contributed by atoms with van der Waals surface area (Å²) >= 11 is 0. The minimum Gasteiger partial charge on any atom is -0.381 e. The van der Waals surface area contributed by atoms with Gasteiger partial charge in [0, 0.05) is 38.8 Å². The Balaban J connectivity index is 2.02. The van der Waals surface area contributed by atoms with Crippen molar-refractivity contribution in [3.05, 3.63) is 0 Å². The van der Waals surface area contributed by atoms with Crippen LogP contribution in [0, 0.1) is 5.92 Å². The van der Waals surface area contributed by atoms with Crippen molar-refractivity contribution >= 4 is 11.8 Å². The maximum absolute atomic E-state index is 12.3. The third-order valence-electron chi connectivity index (χ3n) is 3.43. The van der Waals surface area contributed by atoms with Gasteiger partial charge in [0.25, 0.3) is 0 Å². The zero-order chi connectivity index (χ0) is 12.3. The number of ether oxygens (including phenoxy) is 1. The lowest BCUT2D eigenvalue weighted by Crippen LogP contribution is -2.60. The van der Waals surface area contributed by atoms with Crippen molar-refractivity contribution in [3.63, 3.8) is 0 Å². The lowest BCUT2D eigenvalue weighted by Gasteiger charge is -2.37. The highest BCUT2D eigenvalue weighted by molar-refractivity contribution is 5.88.